The quantitative estimate of drug-likeness (QED) is 0.770. The Labute approximate surface area is 176 Å². The van der Waals surface area contributed by atoms with Crippen LogP contribution in [-0.4, -0.2) is 32.2 Å². The first-order valence-electron chi connectivity index (χ1n) is 9.31. The highest BCUT2D eigenvalue weighted by molar-refractivity contribution is 7.92. The minimum Gasteiger partial charge on any atom is -0.487 e. The molecule has 1 amide bonds. The third-order valence-electron chi connectivity index (χ3n) is 4.86. The molecule has 0 unspecified atom stereocenters. The first-order chi connectivity index (χ1) is 13.5. The van der Waals surface area contributed by atoms with Gasteiger partial charge in [-0.15, -0.1) is 0 Å². The number of hydrogen-bond acceptors (Lipinski definition) is 4. The maximum absolute atomic E-state index is 13.1. The number of halogens is 1. The molecule has 156 valence electrons. The predicted molar refractivity (Wildman–Crippen MR) is 115 cm³/mol. The third-order valence-corrected chi connectivity index (χ3v) is 6.36. The highest BCUT2D eigenvalue weighted by Crippen LogP contribution is 2.39. The van der Waals surface area contributed by atoms with E-state index in [2.05, 4.69) is 5.32 Å². The number of amides is 1. The zero-order valence-corrected chi connectivity index (χ0v) is 18.4. The van der Waals surface area contributed by atoms with Gasteiger partial charge in [0.05, 0.1) is 18.0 Å². The van der Waals surface area contributed by atoms with Crippen LogP contribution in [0, 0.1) is 0 Å². The van der Waals surface area contributed by atoms with E-state index in [1.54, 1.807) is 31.2 Å². The van der Waals surface area contributed by atoms with Crippen molar-refractivity contribution >= 4 is 33.2 Å². The van der Waals surface area contributed by atoms with Crippen molar-refractivity contribution in [1.29, 1.82) is 0 Å². The molecular weight excluding hydrogens is 412 g/mol. The summed E-state index contributed by atoms with van der Waals surface area (Å²) in [5, 5.41) is 3.50. The number of ether oxygens (including phenoxy) is 1. The van der Waals surface area contributed by atoms with Crippen molar-refractivity contribution in [3.63, 3.8) is 0 Å². The summed E-state index contributed by atoms with van der Waals surface area (Å²) in [6.07, 6.45) is 1.65. The predicted octanol–water partition coefficient (Wildman–Crippen LogP) is 3.91. The monoisotopic (exact) mass is 436 g/mol. The van der Waals surface area contributed by atoms with Crippen LogP contribution in [0.3, 0.4) is 0 Å². The molecule has 0 radical (unpaired) electrons. The molecule has 0 fully saturated rings. The Morgan fingerprint density at radius 1 is 1.21 bits per heavy atom. The number of rotatable bonds is 5. The Morgan fingerprint density at radius 2 is 1.83 bits per heavy atom. The average molecular weight is 437 g/mol. The molecule has 6 nitrogen and oxygen atoms in total. The largest absolute Gasteiger partial charge is 0.487 e. The molecule has 0 spiro atoms. The van der Waals surface area contributed by atoms with Crippen molar-refractivity contribution in [3.05, 3.63) is 59.1 Å². The SMILES string of the molecule is C[C@@H](C(=O)N[C@H]1CC(C)(C)Oc2ccccc21)N(c1ccc(Cl)cc1)S(C)(=O)=O. The number of sulfonamides is 1. The lowest BCUT2D eigenvalue weighted by Gasteiger charge is -2.38. The molecule has 0 aliphatic carbocycles. The van der Waals surface area contributed by atoms with Gasteiger partial charge in [-0.3, -0.25) is 9.10 Å². The van der Waals surface area contributed by atoms with Gasteiger partial charge >= 0.3 is 0 Å². The van der Waals surface area contributed by atoms with E-state index in [4.69, 9.17) is 16.3 Å². The fraction of sp³-hybridized carbons (Fsp3) is 0.381. The van der Waals surface area contributed by atoms with Gasteiger partial charge in [0.25, 0.3) is 0 Å². The number of hydrogen-bond donors (Lipinski definition) is 1. The number of fused-ring (bicyclic) bond motifs is 1. The lowest BCUT2D eigenvalue weighted by molar-refractivity contribution is -0.123. The summed E-state index contributed by atoms with van der Waals surface area (Å²) in [6, 6.07) is 12.7. The Kier molecular flexibility index (Phi) is 5.83. The number of carbonyl (C=O) groups is 1. The number of nitrogens with zero attached hydrogens (tertiary/aromatic N) is 1. The van der Waals surface area contributed by atoms with Crippen molar-refractivity contribution in [2.45, 2.75) is 44.9 Å². The van der Waals surface area contributed by atoms with Gasteiger partial charge in [0.2, 0.25) is 15.9 Å². The molecule has 2 atom stereocenters. The van der Waals surface area contributed by atoms with Gasteiger partial charge in [-0.2, -0.15) is 0 Å². The van der Waals surface area contributed by atoms with Crippen molar-refractivity contribution in [3.8, 4) is 5.75 Å². The number of para-hydroxylation sites is 1. The molecule has 0 bridgehead atoms. The van der Waals surface area contributed by atoms with Crippen LogP contribution in [0.5, 0.6) is 5.75 Å². The van der Waals surface area contributed by atoms with Gasteiger partial charge in [-0.05, 0) is 51.1 Å². The van der Waals surface area contributed by atoms with E-state index in [1.807, 2.05) is 38.1 Å². The molecule has 1 N–H and O–H groups in total. The van der Waals surface area contributed by atoms with Crippen molar-refractivity contribution in [2.24, 2.45) is 0 Å². The zero-order chi connectivity index (χ0) is 21.4. The van der Waals surface area contributed by atoms with Crippen LogP contribution in [0.15, 0.2) is 48.5 Å². The first-order valence-corrected chi connectivity index (χ1v) is 11.5. The van der Waals surface area contributed by atoms with Gasteiger partial charge in [0, 0.05) is 17.0 Å². The second kappa shape index (κ2) is 7.88. The van der Waals surface area contributed by atoms with Crippen LogP contribution in [0.2, 0.25) is 5.02 Å². The standard InChI is InChI=1S/C21H25ClN2O4S/c1-14(24(29(4,26)27)16-11-9-15(22)10-12-16)20(25)23-18-13-21(2,3)28-19-8-6-5-7-17(18)19/h5-12,14,18H,13H2,1-4H3,(H,23,25)/t14-,18-/m0/s1. The summed E-state index contributed by atoms with van der Waals surface area (Å²) in [7, 11) is -3.69. The Hall–Kier alpha value is -2.25. The Balaban J connectivity index is 1.88. The van der Waals surface area contributed by atoms with E-state index in [0.29, 0.717) is 17.1 Å². The summed E-state index contributed by atoms with van der Waals surface area (Å²) in [5.41, 5.74) is 0.805. The first kappa shape index (κ1) is 21.5. The van der Waals surface area contributed by atoms with Crippen LogP contribution >= 0.6 is 11.6 Å². The summed E-state index contributed by atoms with van der Waals surface area (Å²) < 4.78 is 32.0. The summed E-state index contributed by atoms with van der Waals surface area (Å²) in [4.78, 5) is 13.1. The van der Waals surface area contributed by atoms with Crippen molar-refractivity contribution < 1.29 is 17.9 Å². The maximum Gasteiger partial charge on any atom is 0.244 e. The lowest BCUT2D eigenvalue weighted by atomic mass is 9.89. The summed E-state index contributed by atoms with van der Waals surface area (Å²) in [6.45, 7) is 5.49. The molecular formula is C21H25ClN2O4S. The molecule has 2 aromatic carbocycles. The van der Waals surface area contributed by atoms with Gasteiger partial charge in [0.15, 0.2) is 0 Å². The van der Waals surface area contributed by atoms with Gasteiger partial charge in [-0.25, -0.2) is 8.42 Å². The van der Waals surface area contributed by atoms with E-state index >= 15 is 0 Å². The normalized spacial score (nSPS) is 18.9. The number of benzene rings is 2. The smallest absolute Gasteiger partial charge is 0.244 e. The zero-order valence-electron chi connectivity index (χ0n) is 16.8. The van der Waals surface area contributed by atoms with Gasteiger partial charge in [-0.1, -0.05) is 29.8 Å². The van der Waals surface area contributed by atoms with Crippen molar-refractivity contribution in [1.82, 2.24) is 5.32 Å². The van der Waals surface area contributed by atoms with Gasteiger partial charge in [0.1, 0.15) is 17.4 Å². The molecule has 8 heteroatoms. The topological polar surface area (TPSA) is 75.7 Å². The fourth-order valence-electron chi connectivity index (χ4n) is 3.62. The van der Waals surface area contributed by atoms with Crippen LogP contribution in [0.1, 0.15) is 38.8 Å². The van der Waals surface area contributed by atoms with Crippen LogP contribution < -0.4 is 14.4 Å². The minimum absolute atomic E-state index is 0.281. The molecule has 0 saturated heterocycles. The molecule has 1 aliphatic rings. The van der Waals surface area contributed by atoms with Crippen LogP contribution in [0.25, 0.3) is 0 Å². The average Bonchev–Trinajstić information content (AvgIpc) is 2.61. The molecule has 0 aromatic heterocycles. The second-order valence-corrected chi connectivity index (χ2v) is 10.2. The number of anilines is 1. The molecule has 0 saturated carbocycles. The van der Waals surface area contributed by atoms with Gasteiger partial charge < -0.3 is 10.1 Å². The minimum atomic E-state index is -3.69. The van der Waals surface area contributed by atoms with E-state index in [9.17, 15) is 13.2 Å². The summed E-state index contributed by atoms with van der Waals surface area (Å²) >= 11 is 5.92. The number of nitrogens with one attached hydrogen (secondary N) is 1. The molecule has 1 heterocycles. The molecule has 1 aliphatic heterocycles. The lowest BCUT2D eigenvalue weighted by Crippen LogP contribution is -2.50. The van der Waals surface area contributed by atoms with E-state index in [0.717, 1.165) is 21.9 Å². The van der Waals surface area contributed by atoms with Crippen LogP contribution in [0.4, 0.5) is 5.69 Å². The maximum atomic E-state index is 13.1. The fourth-order valence-corrected chi connectivity index (χ4v) is 4.92. The highest BCUT2D eigenvalue weighted by atomic mass is 35.5. The van der Waals surface area contributed by atoms with E-state index < -0.39 is 21.7 Å². The molecule has 2 aromatic rings. The second-order valence-electron chi connectivity index (χ2n) is 7.88. The summed E-state index contributed by atoms with van der Waals surface area (Å²) in [5.74, 6) is 0.335. The van der Waals surface area contributed by atoms with E-state index in [-0.39, 0.29) is 11.9 Å². The Morgan fingerprint density at radius 3 is 2.45 bits per heavy atom. The highest BCUT2D eigenvalue weighted by Gasteiger charge is 2.36. The molecule has 29 heavy (non-hydrogen) atoms. The Bertz CT molecular complexity index is 1010. The van der Waals surface area contributed by atoms with Crippen molar-refractivity contribution in [2.75, 3.05) is 10.6 Å². The number of carbonyl (C=O) groups excluding carboxylic acids is 1. The third kappa shape index (κ3) is 4.85. The van der Waals surface area contributed by atoms with Crippen LogP contribution in [-0.2, 0) is 14.8 Å². The van der Waals surface area contributed by atoms with E-state index in [1.165, 1.54) is 0 Å². The molecule has 3 rings (SSSR count).